The van der Waals surface area contributed by atoms with E-state index in [4.69, 9.17) is 0 Å². The molecule has 1 N–H and O–H groups in total. The molecule has 0 spiro atoms. The Morgan fingerprint density at radius 1 is 1.20 bits per heavy atom. The first-order valence-electron chi connectivity index (χ1n) is 9.15. The highest BCUT2D eigenvalue weighted by Crippen LogP contribution is 2.14. The molecule has 6 heteroatoms. The second kappa shape index (κ2) is 8.76. The van der Waals surface area contributed by atoms with Crippen LogP contribution in [0, 0.1) is 0 Å². The molecule has 1 aliphatic rings. The lowest BCUT2D eigenvalue weighted by molar-refractivity contribution is 0.0953. The number of carbonyl (C=O) groups is 1. The molecule has 134 valence electrons. The summed E-state index contributed by atoms with van der Waals surface area (Å²) in [6.07, 6.45) is 7.44. The lowest BCUT2D eigenvalue weighted by Gasteiger charge is -2.20. The van der Waals surface area contributed by atoms with Gasteiger partial charge in [-0.25, -0.2) is 4.98 Å². The van der Waals surface area contributed by atoms with Gasteiger partial charge >= 0.3 is 0 Å². The fourth-order valence-corrected chi connectivity index (χ4v) is 3.30. The fourth-order valence-electron chi connectivity index (χ4n) is 3.30. The van der Waals surface area contributed by atoms with Gasteiger partial charge < -0.3 is 5.32 Å². The minimum absolute atomic E-state index is 0.0279. The van der Waals surface area contributed by atoms with Gasteiger partial charge in [0.25, 0.3) is 5.91 Å². The number of aromatic nitrogens is 3. The van der Waals surface area contributed by atoms with E-state index in [9.17, 15) is 4.79 Å². The van der Waals surface area contributed by atoms with Crippen LogP contribution in [0.2, 0.25) is 0 Å². The Morgan fingerprint density at radius 2 is 2.00 bits per heavy atom. The highest BCUT2D eigenvalue weighted by Gasteiger charge is 2.11. The van der Waals surface area contributed by atoms with Crippen molar-refractivity contribution in [3.05, 3.63) is 47.5 Å². The molecule has 0 aliphatic carbocycles. The van der Waals surface area contributed by atoms with Gasteiger partial charge in [0.05, 0.1) is 0 Å². The number of carbonyl (C=O) groups excluding carboxylic acids is 1. The molecule has 0 unspecified atom stereocenters. The normalized spacial score (nSPS) is 15.7. The molecule has 2 aromatic rings. The van der Waals surface area contributed by atoms with Crippen molar-refractivity contribution in [1.82, 2.24) is 25.0 Å². The number of aryl methyl sites for hydroxylation is 1. The molecule has 0 atom stereocenters. The third-order valence-electron chi connectivity index (χ3n) is 4.73. The number of nitrogens with zero attached hydrogens (tertiary/aromatic N) is 4. The zero-order valence-electron chi connectivity index (χ0n) is 14.9. The molecule has 1 aromatic carbocycles. The number of benzene rings is 1. The van der Waals surface area contributed by atoms with Crippen molar-refractivity contribution < 1.29 is 4.79 Å². The molecule has 1 saturated heterocycles. The summed E-state index contributed by atoms with van der Waals surface area (Å²) < 4.78 is 1.73. The van der Waals surface area contributed by atoms with Gasteiger partial charge in [0.15, 0.2) is 0 Å². The molecular formula is C19H27N5O. The summed E-state index contributed by atoms with van der Waals surface area (Å²) in [6, 6.07) is 7.98. The highest BCUT2D eigenvalue weighted by molar-refractivity contribution is 5.94. The van der Waals surface area contributed by atoms with Crippen LogP contribution in [-0.4, -0.2) is 45.2 Å². The molecule has 25 heavy (non-hydrogen) atoms. The van der Waals surface area contributed by atoms with E-state index in [0.29, 0.717) is 13.0 Å². The topological polar surface area (TPSA) is 63.1 Å². The van der Waals surface area contributed by atoms with Crippen molar-refractivity contribution in [3.8, 4) is 0 Å². The van der Waals surface area contributed by atoms with Crippen molar-refractivity contribution in [2.45, 2.75) is 38.6 Å². The van der Waals surface area contributed by atoms with Crippen LogP contribution in [0.5, 0.6) is 0 Å². The molecule has 0 radical (unpaired) electrons. The predicted octanol–water partition coefficient (Wildman–Crippen LogP) is 2.16. The van der Waals surface area contributed by atoms with Gasteiger partial charge in [-0.3, -0.25) is 14.4 Å². The predicted molar refractivity (Wildman–Crippen MR) is 97.2 cm³/mol. The quantitative estimate of drug-likeness (QED) is 0.875. The van der Waals surface area contributed by atoms with E-state index < -0.39 is 0 Å². The number of likely N-dealkylation sites (tertiary alicyclic amines) is 1. The molecule has 0 bridgehead atoms. The van der Waals surface area contributed by atoms with Crippen LogP contribution >= 0.6 is 0 Å². The van der Waals surface area contributed by atoms with Crippen LogP contribution in [-0.2, 0) is 20.0 Å². The number of hydrogen-bond donors (Lipinski definition) is 1. The summed E-state index contributed by atoms with van der Waals surface area (Å²) in [5, 5.41) is 7.01. The summed E-state index contributed by atoms with van der Waals surface area (Å²) >= 11 is 0. The molecule has 1 amide bonds. The number of nitrogens with one attached hydrogen (secondary N) is 1. The maximum absolute atomic E-state index is 12.4. The van der Waals surface area contributed by atoms with Crippen LogP contribution in [0.25, 0.3) is 0 Å². The van der Waals surface area contributed by atoms with Crippen LogP contribution in [0.1, 0.15) is 47.4 Å². The third-order valence-corrected chi connectivity index (χ3v) is 4.73. The van der Waals surface area contributed by atoms with Gasteiger partial charge in [-0.05, 0) is 43.6 Å². The van der Waals surface area contributed by atoms with E-state index in [1.54, 1.807) is 4.68 Å². The van der Waals surface area contributed by atoms with Crippen molar-refractivity contribution in [2.24, 2.45) is 7.05 Å². The zero-order valence-corrected chi connectivity index (χ0v) is 14.9. The van der Waals surface area contributed by atoms with E-state index in [1.165, 1.54) is 37.6 Å². The smallest absolute Gasteiger partial charge is 0.251 e. The maximum atomic E-state index is 12.4. The van der Waals surface area contributed by atoms with Crippen LogP contribution < -0.4 is 5.32 Å². The van der Waals surface area contributed by atoms with Crippen LogP contribution in [0.3, 0.4) is 0 Å². The average molecular weight is 341 g/mol. The van der Waals surface area contributed by atoms with Crippen LogP contribution in [0.15, 0.2) is 30.6 Å². The Morgan fingerprint density at radius 3 is 2.72 bits per heavy atom. The molecule has 3 rings (SSSR count). The van der Waals surface area contributed by atoms with Gasteiger partial charge in [0, 0.05) is 32.1 Å². The minimum Gasteiger partial charge on any atom is -0.352 e. The molecular weight excluding hydrogens is 314 g/mol. The Kier molecular flexibility index (Phi) is 6.17. The minimum atomic E-state index is -0.0279. The second-order valence-corrected chi connectivity index (χ2v) is 6.70. The van der Waals surface area contributed by atoms with E-state index >= 15 is 0 Å². The number of rotatable bonds is 6. The molecule has 1 aromatic heterocycles. The molecule has 1 aliphatic heterocycles. The first kappa shape index (κ1) is 17.6. The lowest BCUT2D eigenvalue weighted by atomic mass is 10.1. The zero-order chi connectivity index (χ0) is 17.5. The summed E-state index contributed by atoms with van der Waals surface area (Å²) in [5.74, 6) is 0.843. The second-order valence-electron chi connectivity index (χ2n) is 6.70. The Hall–Kier alpha value is -2.21. The van der Waals surface area contributed by atoms with Crippen molar-refractivity contribution in [2.75, 3.05) is 19.6 Å². The van der Waals surface area contributed by atoms with E-state index in [2.05, 4.69) is 26.4 Å². The highest BCUT2D eigenvalue weighted by atomic mass is 16.1. The van der Waals surface area contributed by atoms with Crippen molar-refractivity contribution in [3.63, 3.8) is 0 Å². The van der Waals surface area contributed by atoms with Crippen molar-refractivity contribution >= 4 is 5.91 Å². The van der Waals surface area contributed by atoms with Gasteiger partial charge in [0.1, 0.15) is 12.2 Å². The van der Waals surface area contributed by atoms with Gasteiger partial charge in [-0.2, -0.15) is 5.10 Å². The summed E-state index contributed by atoms with van der Waals surface area (Å²) in [6.45, 7) is 3.81. The molecule has 2 heterocycles. The van der Waals surface area contributed by atoms with Gasteiger partial charge in [-0.15, -0.1) is 0 Å². The first-order chi connectivity index (χ1) is 12.2. The van der Waals surface area contributed by atoms with Gasteiger partial charge in [-0.1, -0.05) is 25.0 Å². The SMILES string of the molecule is Cn1ncnc1CCNC(=O)c1cccc(CN2CCCCCC2)c1. The standard InChI is InChI=1S/C19H27N5O/c1-23-18(21-15-22-23)9-10-20-19(25)17-8-6-7-16(13-17)14-24-11-4-2-3-5-12-24/h6-8,13,15H,2-5,9-12,14H2,1H3,(H,20,25). The largest absolute Gasteiger partial charge is 0.352 e. The summed E-state index contributed by atoms with van der Waals surface area (Å²) in [7, 11) is 1.86. The average Bonchev–Trinajstić information content (AvgIpc) is 2.86. The Labute approximate surface area is 149 Å². The first-order valence-corrected chi connectivity index (χ1v) is 9.15. The lowest BCUT2D eigenvalue weighted by Crippen LogP contribution is -2.27. The fraction of sp³-hybridized carbons (Fsp3) is 0.526. The summed E-state index contributed by atoms with van der Waals surface area (Å²) in [4.78, 5) is 19.1. The molecule has 0 saturated carbocycles. The Bertz CT molecular complexity index is 689. The third kappa shape index (κ3) is 5.13. The van der Waals surface area contributed by atoms with E-state index in [0.717, 1.165) is 31.0 Å². The van der Waals surface area contributed by atoms with E-state index in [-0.39, 0.29) is 5.91 Å². The van der Waals surface area contributed by atoms with Crippen LogP contribution in [0.4, 0.5) is 0 Å². The van der Waals surface area contributed by atoms with Gasteiger partial charge in [0.2, 0.25) is 0 Å². The van der Waals surface area contributed by atoms with E-state index in [1.807, 2.05) is 25.2 Å². The molecule has 1 fully saturated rings. The Balaban J connectivity index is 1.53. The maximum Gasteiger partial charge on any atom is 0.251 e. The monoisotopic (exact) mass is 341 g/mol. The number of hydrogen-bond acceptors (Lipinski definition) is 4. The number of amides is 1. The molecule has 6 nitrogen and oxygen atoms in total. The summed E-state index contributed by atoms with van der Waals surface area (Å²) in [5.41, 5.74) is 1.94. The van der Waals surface area contributed by atoms with Crippen molar-refractivity contribution in [1.29, 1.82) is 0 Å².